The number of carbonyl (C=O) groups is 1. The summed E-state index contributed by atoms with van der Waals surface area (Å²) in [5.74, 6) is -0.467. The van der Waals surface area contributed by atoms with Crippen LogP contribution in [0.15, 0.2) is 54.6 Å². The average Bonchev–Trinajstić information content (AvgIpc) is 2.41. The minimum absolute atomic E-state index is 0.467. The third-order valence-electron chi connectivity index (χ3n) is 2.54. The Balaban J connectivity index is 2.06. The molecule has 0 aliphatic heterocycles. The van der Waals surface area contributed by atoms with E-state index in [-0.39, 0.29) is 0 Å². The zero-order valence-electron chi connectivity index (χ0n) is 9.71. The summed E-state index contributed by atoms with van der Waals surface area (Å²) in [6.07, 6.45) is -1.18. The first-order valence-corrected chi connectivity index (χ1v) is 5.56. The van der Waals surface area contributed by atoms with Crippen molar-refractivity contribution >= 4 is 17.3 Å². The Morgan fingerprint density at radius 2 is 1.67 bits per heavy atom. The number of amides is 1. The van der Waals surface area contributed by atoms with Gasteiger partial charge in [-0.25, -0.2) is 0 Å². The predicted molar refractivity (Wildman–Crippen MR) is 70.9 cm³/mol. The number of nitrogen functional groups attached to an aromatic ring is 1. The van der Waals surface area contributed by atoms with E-state index in [1.54, 1.807) is 48.5 Å². The molecule has 0 spiro atoms. The number of carbonyl (C=O) groups excluding carboxylic acids is 1. The maximum atomic E-state index is 11.8. The smallest absolute Gasteiger partial charge is 0.257 e. The molecule has 4 nitrogen and oxygen atoms in total. The molecular weight excluding hydrogens is 228 g/mol. The molecule has 0 fully saturated rings. The topological polar surface area (TPSA) is 75.3 Å². The Morgan fingerprint density at radius 3 is 2.28 bits per heavy atom. The summed E-state index contributed by atoms with van der Waals surface area (Å²) in [7, 11) is 0. The van der Waals surface area contributed by atoms with Crippen LogP contribution in [-0.4, -0.2) is 11.0 Å². The van der Waals surface area contributed by atoms with Crippen molar-refractivity contribution < 1.29 is 9.90 Å². The van der Waals surface area contributed by atoms with Gasteiger partial charge < -0.3 is 16.2 Å². The predicted octanol–water partition coefficient (Wildman–Crippen LogP) is 1.94. The molecule has 0 saturated heterocycles. The summed E-state index contributed by atoms with van der Waals surface area (Å²) in [5.41, 5.74) is 7.33. The first-order valence-electron chi connectivity index (χ1n) is 5.56. The van der Waals surface area contributed by atoms with Gasteiger partial charge >= 0.3 is 0 Å². The van der Waals surface area contributed by atoms with E-state index >= 15 is 0 Å². The van der Waals surface area contributed by atoms with Gasteiger partial charge in [0.2, 0.25) is 0 Å². The highest BCUT2D eigenvalue weighted by molar-refractivity contribution is 5.94. The molecule has 4 N–H and O–H groups in total. The maximum absolute atomic E-state index is 11.8. The second-order valence-electron chi connectivity index (χ2n) is 3.92. The second-order valence-corrected chi connectivity index (χ2v) is 3.92. The number of aliphatic hydroxyl groups is 1. The number of nitrogens with two attached hydrogens (primary N) is 1. The zero-order chi connectivity index (χ0) is 13.0. The van der Waals surface area contributed by atoms with Crippen LogP contribution >= 0.6 is 0 Å². The molecule has 1 unspecified atom stereocenters. The number of anilines is 2. The Morgan fingerprint density at radius 1 is 1.06 bits per heavy atom. The summed E-state index contributed by atoms with van der Waals surface area (Å²) < 4.78 is 0. The standard InChI is InChI=1S/C14H14N2O2/c15-11-6-8-12(9-7-11)16-14(18)13(17)10-4-2-1-3-5-10/h1-9,13,17H,15H2,(H,16,18). The van der Waals surface area contributed by atoms with Gasteiger partial charge in [0.25, 0.3) is 5.91 Å². The highest BCUT2D eigenvalue weighted by Crippen LogP contribution is 2.16. The number of rotatable bonds is 3. The number of hydrogen-bond donors (Lipinski definition) is 3. The lowest BCUT2D eigenvalue weighted by Gasteiger charge is -2.11. The molecule has 18 heavy (non-hydrogen) atoms. The van der Waals surface area contributed by atoms with Crippen LogP contribution in [0.25, 0.3) is 0 Å². The van der Waals surface area contributed by atoms with Crippen molar-refractivity contribution in [3.63, 3.8) is 0 Å². The summed E-state index contributed by atoms with van der Waals surface area (Å²) in [6.45, 7) is 0. The molecule has 4 heteroatoms. The largest absolute Gasteiger partial charge is 0.399 e. The quantitative estimate of drug-likeness (QED) is 0.720. The molecule has 0 aromatic heterocycles. The van der Waals surface area contributed by atoms with Crippen LogP contribution < -0.4 is 11.1 Å². The van der Waals surface area contributed by atoms with Gasteiger partial charge in [-0.05, 0) is 29.8 Å². The molecule has 0 saturated carbocycles. The molecule has 0 aliphatic rings. The average molecular weight is 242 g/mol. The summed E-state index contributed by atoms with van der Waals surface area (Å²) in [6, 6.07) is 15.5. The van der Waals surface area contributed by atoms with Crippen molar-refractivity contribution in [1.82, 2.24) is 0 Å². The second kappa shape index (κ2) is 5.33. The first-order chi connectivity index (χ1) is 8.66. The zero-order valence-corrected chi connectivity index (χ0v) is 9.71. The highest BCUT2D eigenvalue weighted by Gasteiger charge is 2.16. The monoisotopic (exact) mass is 242 g/mol. The molecule has 92 valence electrons. The van der Waals surface area contributed by atoms with Crippen molar-refractivity contribution in [3.8, 4) is 0 Å². The Labute approximate surface area is 105 Å². The molecule has 2 aromatic carbocycles. The van der Waals surface area contributed by atoms with Gasteiger partial charge in [-0.15, -0.1) is 0 Å². The lowest BCUT2D eigenvalue weighted by Crippen LogP contribution is -2.20. The summed E-state index contributed by atoms with van der Waals surface area (Å²) in [4.78, 5) is 11.8. The molecule has 1 atom stereocenters. The maximum Gasteiger partial charge on any atom is 0.257 e. The molecule has 0 aliphatic carbocycles. The third-order valence-corrected chi connectivity index (χ3v) is 2.54. The summed E-state index contributed by atoms with van der Waals surface area (Å²) >= 11 is 0. The van der Waals surface area contributed by atoms with Crippen LogP contribution in [0.1, 0.15) is 11.7 Å². The van der Waals surface area contributed by atoms with Gasteiger partial charge in [0.05, 0.1) is 0 Å². The fourth-order valence-corrected chi connectivity index (χ4v) is 1.56. The number of benzene rings is 2. The van der Waals surface area contributed by atoms with Gasteiger partial charge in [-0.1, -0.05) is 30.3 Å². The SMILES string of the molecule is Nc1ccc(NC(=O)C(O)c2ccccc2)cc1. The van der Waals surface area contributed by atoms with Crippen LogP contribution in [0.5, 0.6) is 0 Å². The van der Waals surface area contributed by atoms with Crippen LogP contribution in [0.4, 0.5) is 11.4 Å². The van der Waals surface area contributed by atoms with E-state index in [1.807, 2.05) is 6.07 Å². The molecule has 1 amide bonds. The lowest BCUT2D eigenvalue weighted by molar-refractivity contribution is -0.124. The van der Waals surface area contributed by atoms with Crippen molar-refractivity contribution in [2.75, 3.05) is 11.1 Å². The van der Waals surface area contributed by atoms with Crippen LogP contribution in [0.2, 0.25) is 0 Å². The first kappa shape index (κ1) is 12.1. The minimum Gasteiger partial charge on any atom is -0.399 e. The normalized spacial score (nSPS) is 11.8. The number of hydrogen-bond acceptors (Lipinski definition) is 3. The van der Waals surface area contributed by atoms with Crippen molar-refractivity contribution in [2.45, 2.75) is 6.10 Å². The van der Waals surface area contributed by atoms with Gasteiger partial charge in [-0.2, -0.15) is 0 Å². The van der Waals surface area contributed by atoms with Gasteiger partial charge in [-0.3, -0.25) is 4.79 Å². The lowest BCUT2D eigenvalue weighted by atomic mass is 10.1. The fourth-order valence-electron chi connectivity index (χ4n) is 1.56. The highest BCUT2D eigenvalue weighted by atomic mass is 16.3. The molecule has 2 aromatic rings. The van der Waals surface area contributed by atoms with E-state index in [2.05, 4.69) is 5.32 Å². The van der Waals surface area contributed by atoms with E-state index in [9.17, 15) is 9.90 Å². The van der Waals surface area contributed by atoms with E-state index in [4.69, 9.17) is 5.73 Å². The summed E-state index contributed by atoms with van der Waals surface area (Å²) in [5, 5.41) is 12.5. The van der Waals surface area contributed by atoms with Gasteiger partial charge in [0.1, 0.15) is 0 Å². The fraction of sp³-hybridized carbons (Fsp3) is 0.0714. The molecule has 0 heterocycles. The van der Waals surface area contributed by atoms with E-state index in [0.29, 0.717) is 16.9 Å². The van der Waals surface area contributed by atoms with Gasteiger partial charge in [0, 0.05) is 11.4 Å². The Bertz CT molecular complexity index is 523. The van der Waals surface area contributed by atoms with Crippen LogP contribution in [0, 0.1) is 0 Å². The van der Waals surface area contributed by atoms with E-state index in [1.165, 1.54) is 0 Å². The van der Waals surface area contributed by atoms with Gasteiger partial charge in [0.15, 0.2) is 6.10 Å². The molecule has 0 bridgehead atoms. The van der Waals surface area contributed by atoms with E-state index < -0.39 is 12.0 Å². The van der Waals surface area contributed by atoms with Crippen LogP contribution in [0.3, 0.4) is 0 Å². The number of aliphatic hydroxyl groups excluding tert-OH is 1. The van der Waals surface area contributed by atoms with E-state index in [0.717, 1.165) is 0 Å². The molecule has 2 rings (SSSR count). The Kier molecular flexibility index (Phi) is 3.60. The van der Waals surface area contributed by atoms with Crippen molar-refractivity contribution in [2.24, 2.45) is 0 Å². The van der Waals surface area contributed by atoms with Crippen molar-refractivity contribution in [1.29, 1.82) is 0 Å². The molecular formula is C14H14N2O2. The number of nitrogens with one attached hydrogen (secondary N) is 1. The molecule has 0 radical (unpaired) electrons. The third kappa shape index (κ3) is 2.87. The Hall–Kier alpha value is -2.33. The minimum atomic E-state index is -1.18. The van der Waals surface area contributed by atoms with Crippen LogP contribution in [-0.2, 0) is 4.79 Å². The van der Waals surface area contributed by atoms with Crippen molar-refractivity contribution in [3.05, 3.63) is 60.2 Å².